The van der Waals surface area contributed by atoms with E-state index in [9.17, 15) is 5.11 Å². The number of aliphatic hydroxyl groups excluding tert-OH is 1. The predicted octanol–water partition coefficient (Wildman–Crippen LogP) is 3.28. The molecule has 7 nitrogen and oxygen atoms in total. The number of hydrogen-bond donors (Lipinski definition) is 1. The van der Waals surface area contributed by atoms with Gasteiger partial charge in [-0.25, -0.2) is 0 Å². The molecule has 1 heterocycles. The van der Waals surface area contributed by atoms with Gasteiger partial charge in [0.1, 0.15) is 12.7 Å². The number of halogens is 1. The first-order chi connectivity index (χ1) is 13.6. The van der Waals surface area contributed by atoms with Crippen molar-refractivity contribution in [3.05, 3.63) is 65.2 Å². The maximum atomic E-state index is 10.3. The van der Waals surface area contributed by atoms with Gasteiger partial charge in [0, 0.05) is 10.0 Å². The number of allylic oxidation sites excluding steroid dienone is 1. The fourth-order valence-corrected chi connectivity index (χ4v) is 2.85. The fraction of sp³-hybridized carbons (Fsp3) is 0.250. The van der Waals surface area contributed by atoms with Gasteiger partial charge in [-0.1, -0.05) is 28.1 Å². The van der Waals surface area contributed by atoms with Gasteiger partial charge in [0.2, 0.25) is 5.82 Å². The van der Waals surface area contributed by atoms with Gasteiger partial charge in [0.15, 0.2) is 11.5 Å². The number of tetrazole rings is 1. The van der Waals surface area contributed by atoms with Crippen LogP contribution in [0, 0.1) is 0 Å². The van der Waals surface area contributed by atoms with Crippen molar-refractivity contribution in [1.29, 1.82) is 0 Å². The lowest BCUT2D eigenvalue weighted by Gasteiger charge is -2.14. The van der Waals surface area contributed by atoms with Gasteiger partial charge in [0.05, 0.1) is 13.7 Å². The summed E-state index contributed by atoms with van der Waals surface area (Å²) in [4.78, 5) is 1.36. The Morgan fingerprint density at radius 2 is 2.00 bits per heavy atom. The zero-order valence-corrected chi connectivity index (χ0v) is 17.0. The second kappa shape index (κ2) is 9.48. The van der Waals surface area contributed by atoms with E-state index in [-0.39, 0.29) is 13.2 Å². The largest absolute Gasteiger partial charge is 0.493 e. The topological polar surface area (TPSA) is 82.3 Å². The molecule has 1 aromatic heterocycles. The first kappa shape index (κ1) is 20.0. The zero-order chi connectivity index (χ0) is 19.9. The van der Waals surface area contributed by atoms with E-state index in [4.69, 9.17) is 9.47 Å². The highest BCUT2D eigenvalue weighted by atomic mass is 79.9. The quantitative estimate of drug-likeness (QED) is 0.509. The summed E-state index contributed by atoms with van der Waals surface area (Å²) in [5.74, 6) is 1.68. The predicted molar refractivity (Wildman–Crippen MR) is 109 cm³/mol. The van der Waals surface area contributed by atoms with Crippen molar-refractivity contribution >= 4 is 15.9 Å². The molecule has 0 fully saturated rings. The maximum absolute atomic E-state index is 10.3. The lowest BCUT2D eigenvalue weighted by atomic mass is 10.1. The fourth-order valence-electron chi connectivity index (χ4n) is 2.59. The molecule has 146 valence electrons. The first-order valence-corrected chi connectivity index (χ1v) is 9.50. The molecular formula is C20H21BrN4O3. The molecule has 3 aromatic rings. The highest BCUT2D eigenvalue weighted by Gasteiger charge is 2.13. The van der Waals surface area contributed by atoms with E-state index in [1.54, 1.807) is 7.11 Å². The molecule has 28 heavy (non-hydrogen) atoms. The van der Waals surface area contributed by atoms with Gasteiger partial charge in [0.25, 0.3) is 0 Å². The smallest absolute Gasteiger partial charge is 0.204 e. The number of aliphatic hydroxyl groups is 1. The molecule has 0 spiro atoms. The van der Waals surface area contributed by atoms with Crippen molar-refractivity contribution in [2.75, 3.05) is 13.7 Å². The third kappa shape index (κ3) is 5.17. The van der Waals surface area contributed by atoms with Gasteiger partial charge in [-0.05, 0) is 53.6 Å². The molecule has 0 aliphatic rings. The van der Waals surface area contributed by atoms with Crippen LogP contribution in [-0.4, -0.2) is 45.1 Å². The molecule has 0 amide bonds. The second-order valence-electron chi connectivity index (χ2n) is 6.12. The maximum Gasteiger partial charge on any atom is 0.204 e. The molecule has 0 aliphatic carbocycles. The Morgan fingerprint density at radius 3 is 2.71 bits per heavy atom. The van der Waals surface area contributed by atoms with Crippen LogP contribution in [0.25, 0.3) is 11.4 Å². The third-order valence-corrected chi connectivity index (χ3v) is 4.50. The summed E-state index contributed by atoms with van der Waals surface area (Å²) in [5.41, 5.74) is 1.93. The lowest BCUT2D eigenvalue weighted by Crippen LogP contribution is -2.25. The van der Waals surface area contributed by atoms with Crippen LogP contribution in [0.2, 0.25) is 0 Å². The van der Waals surface area contributed by atoms with Crippen molar-refractivity contribution in [2.24, 2.45) is 0 Å². The SMILES string of the molecule is C=CCc1ccc(OC[C@@H](O)Cn2nnc(-c3ccc(Br)cc3)n2)c(OC)c1. The molecule has 0 bridgehead atoms. The molecule has 0 saturated heterocycles. The van der Waals surface area contributed by atoms with Crippen LogP contribution < -0.4 is 9.47 Å². The van der Waals surface area contributed by atoms with Crippen LogP contribution in [0.15, 0.2) is 59.6 Å². The third-order valence-electron chi connectivity index (χ3n) is 3.97. The molecule has 1 N–H and O–H groups in total. The lowest BCUT2D eigenvalue weighted by molar-refractivity contribution is 0.0836. The molecule has 3 rings (SSSR count). The van der Waals surface area contributed by atoms with Crippen LogP contribution in [0.3, 0.4) is 0 Å². The van der Waals surface area contributed by atoms with E-state index in [0.29, 0.717) is 17.3 Å². The highest BCUT2D eigenvalue weighted by Crippen LogP contribution is 2.28. The van der Waals surface area contributed by atoms with E-state index in [1.165, 1.54) is 4.80 Å². The number of benzene rings is 2. The van der Waals surface area contributed by atoms with Crippen molar-refractivity contribution in [1.82, 2.24) is 20.2 Å². The van der Waals surface area contributed by atoms with Crippen LogP contribution in [0.1, 0.15) is 5.56 Å². The Morgan fingerprint density at radius 1 is 1.21 bits per heavy atom. The van der Waals surface area contributed by atoms with Crippen LogP contribution in [0.4, 0.5) is 0 Å². The molecule has 0 saturated carbocycles. The summed E-state index contributed by atoms with van der Waals surface area (Å²) in [6.07, 6.45) is 1.77. The van der Waals surface area contributed by atoms with Crippen molar-refractivity contribution in [3.63, 3.8) is 0 Å². The highest BCUT2D eigenvalue weighted by molar-refractivity contribution is 9.10. The average molecular weight is 445 g/mol. The summed E-state index contributed by atoms with van der Waals surface area (Å²) < 4.78 is 12.0. The zero-order valence-electron chi connectivity index (χ0n) is 15.5. The molecule has 0 radical (unpaired) electrons. The molecule has 1 atom stereocenters. The minimum atomic E-state index is -0.801. The summed E-state index contributed by atoms with van der Waals surface area (Å²) in [6, 6.07) is 13.3. The Hall–Kier alpha value is -2.71. The van der Waals surface area contributed by atoms with Crippen molar-refractivity contribution in [3.8, 4) is 22.9 Å². The van der Waals surface area contributed by atoms with Gasteiger partial charge < -0.3 is 14.6 Å². The number of hydrogen-bond acceptors (Lipinski definition) is 6. The molecule has 0 unspecified atom stereocenters. The molecule has 2 aromatic carbocycles. The number of ether oxygens (including phenoxy) is 2. The van der Waals surface area contributed by atoms with Crippen LogP contribution in [-0.2, 0) is 13.0 Å². The standard InChI is InChI=1S/C20H21BrN4O3/c1-3-4-14-5-10-18(19(11-14)27-2)28-13-17(26)12-25-23-20(22-24-25)15-6-8-16(21)9-7-15/h3,5-11,17,26H,1,4,12-13H2,2H3/t17-/m0/s1. The van der Waals surface area contributed by atoms with E-state index in [1.807, 2.05) is 48.5 Å². The van der Waals surface area contributed by atoms with Gasteiger partial charge in [-0.3, -0.25) is 0 Å². The Bertz CT molecular complexity index is 927. The number of methoxy groups -OCH3 is 1. The minimum absolute atomic E-state index is 0.0757. The molecule has 8 heteroatoms. The van der Waals surface area contributed by atoms with Crippen LogP contribution in [0.5, 0.6) is 11.5 Å². The Balaban J connectivity index is 1.58. The summed E-state index contributed by atoms with van der Waals surface area (Å²) in [5, 5.41) is 22.6. The van der Waals surface area contributed by atoms with Crippen molar-refractivity contribution in [2.45, 2.75) is 19.1 Å². The Labute approximate surface area is 171 Å². The van der Waals surface area contributed by atoms with E-state index >= 15 is 0 Å². The monoisotopic (exact) mass is 444 g/mol. The van der Waals surface area contributed by atoms with Gasteiger partial charge in [-0.2, -0.15) is 4.80 Å². The first-order valence-electron chi connectivity index (χ1n) is 8.71. The minimum Gasteiger partial charge on any atom is -0.493 e. The second-order valence-corrected chi connectivity index (χ2v) is 7.03. The summed E-state index contributed by atoms with van der Waals surface area (Å²) in [7, 11) is 1.58. The van der Waals surface area contributed by atoms with Crippen LogP contribution >= 0.6 is 15.9 Å². The van der Waals surface area contributed by atoms with E-state index in [2.05, 4.69) is 37.9 Å². The van der Waals surface area contributed by atoms with E-state index in [0.717, 1.165) is 22.0 Å². The molecule has 0 aliphatic heterocycles. The number of nitrogens with zero attached hydrogens (tertiary/aromatic N) is 4. The normalized spacial score (nSPS) is 11.8. The van der Waals surface area contributed by atoms with Crippen molar-refractivity contribution < 1.29 is 14.6 Å². The summed E-state index contributed by atoms with van der Waals surface area (Å²) >= 11 is 3.39. The average Bonchev–Trinajstić information content (AvgIpc) is 3.16. The summed E-state index contributed by atoms with van der Waals surface area (Å²) in [6.45, 7) is 3.97. The van der Waals surface area contributed by atoms with Gasteiger partial charge >= 0.3 is 0 Å². The Kier molecular flexibility index (Phi) is 6.78. The molecular weight excluding hydrogens is 424 g/mol. The van der Waals surface area contributed by atoms with Gasteiger partial charge in [-0.15, -0.1) is 16.8 Å². The van der Waals surface area contributed by atoms with E-state index < -0.39 is 6.10 Å². The number of rotatable bonds is 9. The number of aromatic nitrogens is 4.